The van der Waals surface area contributed by atoms with Crippen LogP contribution in [0.15, 0.2) is 33.5 Å². The number of carbonyl (C=O) groups is 1. The van der Waals surface area contributed by atoms with Crippen molar-refractivity contribution in [1.82, 2.24) is 9.36 Å². The number of benzene rings is 1. The number of hydrogen-bond acceptors (Lipinski definition) is 5. The van der Waals surface area contributed by atoms with Gasteiger partial charge in [-0.15, -0.1) is 0 Å². The van der Waals surface area contributed by atoms with Crippen molar-refractivity contribution in [2.45, 2.75) is 29.5 Å². The smallest absolute Gasteiger partial charge is 0.174 e. The van der Waals surface area contributed by atoms with Crippen molar-refractivity contribution < 1.29 is 4.79 Å². The fraction of sp³-hybridized carbons (Fsp3) is 0.250. The van der Waals surface area contributed by atoms with Crippen molar-refractivity contribution in [3.8, 4) is 0 Å². The van der Waals surface area contributed by atoms with E-state index in [1.807, 2.05) is 38.1 Å². The van der Waals surface area contributed by atoms with Gasteiger partial charge in [-0.1, -0.05) is 30.8 Å². The highest BCUT2D eigenvalue weighted by Gasteiger charge is 2.05. The molecule has 0 fully saturated rings. The first kappa shape index (κ1) is 12.3. The molecule has 0 aliphatic heterocycles. The number of carbonyl (C=O) groups excluding carboxylic acids is 1. The molecule has 5 heteroatoms. The molecule has 17 heavy (non-hydrogen) atoms. The lowest BCUT2D eigenvalue weighted by Crippen LogP contribution is -1.95. The molecule has 0 saturated heterocycles. The Morgan fingerprint density at radius 2 is 2.06 bits per heavy atom. The first-order chi connectivity index (χ1) is 8.19. The highest BCUT2D eigenvalue weighted by Crippen LogP contribution is 2.28. The third-order valence-corrected chi connectivity index (χ3v) is 4.06. The molecule has 0 atom stereocenters. The number of aryl methyl sites for hydroxylation is 1. The van der Waals surface area contributed by atoms with Crippen LogP contribution < -0.4 is 0 Å². The van der Waals surface area contributed by atoms with E-state index in [1.165, 1.54) is 11.5 Å². The van der Waals surface area contributed by atoms with Crippen molar-refractivity contribution in [3.05, 3.63) is 35.7 Å². The van der Waals surface area contributed by atoms with Crippen molar-refractivity contribution >= 4 is 29.1 Å². The molecule has 0 aliphatic rings. The van der Waals surface area contributed by atoms with Gasteiger partial charge in [0.05, 0.1) is 0 Å². The second-order valence-corrected chi connectivity index (χ2v) is 5.58. The Morgan fingerprint density at radius 1 is 1.35 bits per heavy atom. The minimum Gasteiger partial charge on any atom is -0.294 e. The third kappa shape index (κ3) is 3.14. The van der Waals surface area contributed by atoms with Gasteiger partial charge in [0.2, 0.25) is 0 Å². The zero-order valence-corrected chi connectivity index (χ0v) is 11.3. The minimum absolute atomic E-state index is 0.174. The molecule has 0 aliphatic carbocycles. The summed E-state index contributed by atoms with van der Waals surface area (Å²) < 4.78 is 5.06. The second kappa shape index (κ2) is 5.42. The van der Waals surface area contributed by atoms with Crippen LogP contribution >= 0.6 is 23.3 Å². The van der Waals surface area contributed by atoms with Crippen LogP contribution in [0, 0.1) is 6.92 Å². The molecular weight excluding hydrogens is 252 g/mol. The SMILES string of the molecule is CCC(=O)c1ccc(Sc2nc(C)ns2)cc1. The Balaban J connectivity index is 2.10. The summed E-state index contributed by atoms with van der Waals surface area (Å²) in [5.41, 5.74) is 0.769. The van der Waals surface area contributed by atoms with Crippen molar-refractivity contribution in [2.24, 2.45) is 0 Å². The topological polar surface area (TPSA) is 42.9 Å². The summed E-state index contributed by atoms with van der Waals surface area (Å²) in [4.78, 5) is 16.8. The van der Waals surface area contributed by atoms with E-state index in [0.29, 0.717) is 6.42 Å². The molecule has 0 N–H and O–H groups in total. The zero-order valence-electron chi connectivity index (χ0n) is 9.64. The largest absolute Gasteiger partial charge is 0.294 e. The summed E-state index contributed by atoms with van der Waals surface area (Å²) in [6, 6.07) is 7.62. The van der Waals surface area contributed by atoms with Gasteiger partial charge >= 0.3 is 0 Å². The second-order valence-electron chi connectivity index (χ2n) is 3.51. The molecule has 88 valence electrons. The van der Waals surface area contributed by atoms with Crippen LogP contribution in [0.4, 0.5) is 0 Å². The average molecular weight is 264 g/mol. The Morgan fingerprint density at radius 3 is 2.59 bits per heavy atom. The maximum Gasteiger partial charge on any atom is 0.174 e. The molecule has 1 aromatic heterocycles. The van der Waals surface area contributed by atoms with Gasteiger partial charge in [-0.2, -0.15) is 4.37 Å². The maximum atomic E-state index is 11.5. The van der Waals surface area contributed by atoms with E-state index in [1.54, 1.807) is 11.8 Å². The number of Topliss-reactive ketones (excluding diaryl/α,β-unsaturated/α-hetero) is 1. The molecule has 0 unspecified atom stereocenters. The summed E-state index contributed by atoms with van der Waals surface area (Å²) in [6.07, 6.45) is 0.544. The number of ketones is 1. The van der Waals surface area contributed by atoms with Crippen LogP contribution in [0.2, 0.25) is 0 Å². The Labute approximate surface area is 108 Å². The van der Waals surface area contributed by atoms with Crippen molar-refractivity contribution in [2.75, 3.05) is 0 Å². The molecular formula is C12H12N2OS2. The lowest BCUT2D eigenvalue weighted by Gasteiger charge is -2.00. The van der Waals surface area contributed by atoms with Crippen LogP contribution in [0.5, 0.6) is 0 Å². The van der Waals surface area contributed by atoms with Crippen molar-refractivity contribution in [3.63, 3.8) is 0 Å². The fourth-order valence-corrected chi connectivity index (χ4v) is 2.96. The van der Waals surface area contributed by atoms with E-state index in [4.69, 9.17) is 0 Å². The maximum absolute atomic E-state index is 11.5. The standard InChI is InChI=1S/C12H12N2OS2/c1-3-11(15)9-4-6-10(7-5-9)16-12-13-8(2)14-17-12/h4-7H,3H2,1-2H3. The van der Waals surface area contributed by atoms with Gasteiger partial charge < -0.3 is 0 Å². The first-order valence-corrected chi connectivity index (χ1v) is 6.89. The number of hydrogen-bond donors (Lipinski definition) is 0. The van der Waals surface area contributed by atoms with E-state index in [0.717, 1.165) is 20.6 Å². The van der Waals surface area contributed by atoms with Gasteiger partial charge in [-0.3, -0.25) is 4.79 Å². The molecule has 0 radical (unpaired) electrons. The zero-order chi connectivity index (χ0) is 12.3. The summed E-state index contributed by atoms with van der Waals surface area (Å²) in [7, 11) is 0. The van der Waals surface area contributed by atoms with Gasteiger partial charge in [-0.25, -0.2) is 4.98 Å². The van der Waals surface area contributed by atoms with E-state index in [9.17, 15) is 4.79 Å². The predicted octanol–water partition coefficient (Wildman–Crippen LogP) is 3.59. The summed E-state index contributed by atoms with van der Waals surface area (Å²) in [5, 5.41) is 0. The molecule has 2 rings (SSSR count). The van der Waals surface area contributed by atoms with Gasteiger partial charge in [0.25, 0.3) is 0 Å². The molecule has 0 bridgehead atoms. The van der Waals surface area contributed by atoms with Crippen LogP contribution in [-0.2, 0) is 0 Å². The Hall–Kier alpha value is -1.20. The normalized spacial score (nSPS) is 10.5. The van der Waals surface area contributed by atoms with E-state index in [-0.39, 0.29) is 5.78 Å². The molecule has 0 amide bonds. The van der Waals surface area contributed by atoms with Gasteiger partial charge in [-0.05, 0) is 30.6 Å². The monoisotopic (exact) mass is 264 g/mol. The fourth-order valence-electron chi connectivity index (χ4n) is 1.33. The first-order valence-electron chi connectivity index (χ1n) is 5.30. The lowest BCUT2D eigenvalue weighted by molar-refractivity contribution is 0.0988. The predicted molar refractivity (Wildman–Crippen MR) is 69.8 cm³/mol. The Bertz CT molecular complexity index is 520. The molecule has 2 aromatic rings. The summed E-state index contributed by atoms with van der Waals surface area (Å²) in [6.45, 7) is 3.75. The van der Waals surface area contributed by atoms with Crippen LogP contribution in [0.25, 0.3) is 0 Å². The summed E-state index contributed by atoms with van der Waals surface area (Å²) >= 11 is 2.96. The Kier molecular flexibility index (Phi) is 3.91. The van der Waals surface area contributed by atoms with E-state index in [2.05, 4.69) is 9.36 Å². The average Bonchev–Trinajstić information content (AvgIpc) is 2.75. The van der Waals surface area contributed by atoms with E-state index >= 15 is 0 Å². The van der Waals surface area contributed by atoms with Crippen LogP contribution in [0.1, 0.15) is 29.5 Å². The molecule has 1 aromatic carbocycles. The van der Waals surface area contributed by atoms with Gasteiger partial charge in [0.1, 0.15) is 5.82 Å². The number of aromatic nitrogens is 2. The lowest BCUT2D eigenvalue weighted by atomic mass is 10.1. The number of rotatable bonds is 4. The number of nitrogens with zero attached hydrogens (tertiary/aromatic N) is 2. The third-order valence-electron chi connectivity index (χ3n) is 2.21. The van der Waals surface area contributed by atoms with Gasteiger partial charge in [0.15, 0.2) is 10.1 Å². The van der Waals surface area contributed by atoms with E-state index < -0.39 is 0 Å². The highest BCUT2D eigenvalue weighted by atomic mass is 32.2. The van der Waals surface area contributed by atoms with Crippen molar-refractivity contribution in [1.29, 1.82) is 0 Å². The quantitative estimate of drug-likeness (QED) is 0.791. The molecule has 0 spiro atoms. The minimum atomic E-state index is 0.174. The van der Waals surface area contributed by atoms with Crippen LogP contribution in [-0.4, -0.2) is 15.1 Å². The summed E-state index contributed by atoms with van der Waals surface area (Å²) in [5.74, 6) is 0.976. The van der Waals surface area contributed by atoms with Gasteiger partial charge in [0, 0.05) is 16.9 Å². The molecule has 1 heterocycles. The van der Waals surface area contributed by atoms with Crippen LogP contribution in [0.3, 0.4) is 0 Å². The molecule has 3 nitrogen and oxygen atoms in total. The highest BCUT2D eigenvalue weighted by molar-refractivity contribution is 8.01. The molecule has 0 saturated carbocycles.